The van der Waals surface area contributed by atoms with E-state index in [-0.39, 0.29) is 24.8 Å². The molecular formula is C43H53N11O5. The van der Waals surface area contributed by atoms with Crippen molar-refractivity contribution in [2.24, 2.45) is 5.92 Å². The Morgan fingerprint density at radius 2 is 1.58 bits per heavy atom. The smallest absolute Gasteiger partial charge is 0.262 e. The minimum atomic E-state index is -0.954. The van der Waals surface area contributed by atoms with E-state index in [9.17, 15) is 19.2 Å². The van der Waals surface area contributed by atoms with Gasteiger partial charge in [0, 0.05) is 70.8 Å². The summed E-state index contributed by atoms with van der Waals surface area (Å²) in [6.07, 6.45) is 10.3. The van der Waals surface area contributed by atoms with E-state index in [1.807, 2.05) is 24.4 Å². The molecule has 4 saturated heterocycles. The summed E-state index contributed by atoms with van der Waals surface area (Å²) in [5.74, 6) is 2.13. The van der Waals surface area contributed by atoms with Crippen molar-refractivity contribution in [1.29, 1.82) is 0 Å². The lowest BCUT2D eigenvalue weighted by Gasteiger charge is -2.38. The van der Waals surface area contributed by atoms with Gasteiger partial charge < -0.3 is 24.8 Å². The molecular weight excluding hydrogens is 751 g/mol. The van der Waals surface area contributed by atoms with Gasteiger partial charge in [0.2, 0.25) is 17.8 Å². The number of piperidine rings is 4. The average molecular weight is 804 g/mol. The van der Waals surface area contributed by atoms with Crippen molar-refractivity contribution in [3.8, 4) is 0 Å². The molecule has 4 aromatic rings. The van der Waals surface area contributed by atoms with Gasteiger partial charge in [0.05, 0.1) is 28.1 Å². The molecule has 1 atom stereocenters. The molecule has 9 rings (SSSR count). The number of nitrogens with one attached hydrogen (secondary N) is 2. The van der Waals surface area contributed by atoms with Crippen LogP contribution in [0.5, 0.6) is 0 Å². The third-order valence-corrected chi connectivity index (χ3v) is 13.0. The van der Waals surface area contributed by atoms with Gasteiger partial charge in [-0.25, -0.2) is 9.97 Å². The number of fused-ring (bicyclic) bond motifs is 2. The van der Waals surface area contributed by atoms with Gasteiger partial charge in [-0.1, -0.05) is 6.07 Å². The molecule has 1 aromatic carbocycles. The summed E-state index contributed by atoms with van der Waals surface area (Å²) in [5.41, 5.74) is 2.79. The van der Waals surface area contributed by atoms with Crippen LogP contribution >= 0.6 is 0 Å². The fourth-order valence-electron chi connectivity index (χ4n) is 9.59. The molecule has 59 heavy (non-hydrogen) atoms. The zero-order chi connectivity index (χ0) is 40.8. The average Bonchev–Trinajstić information content (AvgIpc) is 3.75. The SMILES string of the molecule is COC1CCN(c2nccc(Nc3cc4c(cn3)c(N3CCC(CN5CCC(c6ccc7c(c6)C(=O)N(C6CCC(=O)NC6=O)C7=O)CC5)CC3)nn4C(C)C)n2)CC1. The normalized spacial score (nSPS) is 21.6. The third-order valence-electron chi connectivity index (χ3n) is 13.0. The van der Waals surface area contributed by atoms with Gasteiger partial charge in [-0.05, 0) is 107 Å². The minimum Gasteiger partial charge on any atom is -0.381 e. The lowest BCUT2D eigenvalue weighted by Crippen LogP contribution is -2.54. The Labute approximate surface area is 343 Å². The number of nitrogens with zero attached hydrogens (tertiary/aromatic N) is 9. The van der Waals surface area contributed by atoms with Crippen molar-refractivity contribution < 1.29 is 23.9 Å². The zero-order valence-corrected chi connectivity index (χ0v) is 34.1. The van der Waals surface area contributed by atoms with E-state index in [2.05, 4.69) is 54.9 Å². The van der Waals surface area contributed by atoms with E-state index in [1.165, 1.54) is 0 Å². The topological polar surface area (TPSA) is 171 Å². The summed E-state index contributed by atoms with van der Waals surface area (Å²) >= 11 is 0. The monoisotopic (exact) mass is 803 g/mol. The highest BCUT2D eigenvalue weighted by Gasteiger charge is 2.45. The number of carbonyl (C=O) groups is 4. The number of rotatable bonds is 10. The van der Waals surface area contributed by atoms with Gasteiger partial charge in [0.1, 0.15) is 17.7 Å². The van der Waals surface area contributed by atoms with Crippen molar-refractivity contribution in [3.05, 3.63) is 59.4 Å². The van der Waals surface area contributed by atoms with Crippen molar-refractivity contribution in [3.63, 3.8) is 0 Å². The Kier molecular flexibility index (Phi) is 10.8. The number of hydrogen-bond donors (Lipinski definition) is 2. The number of methoxy groups -OCH3 is 1. The van der Waals surface area contributed by atoms with Crippen LogP contribution in [0.3, 0.4) is 0 Å². The summed E-state index contributed by atoms with van der Waals surface area (Å²) < 4.78 is 7.63. The van der Waals surface area contributed by atoms with Crippen LogP contribution in [-0.2, 0) is 14.3 Å². The molecule has 3 aromatic heterocycles. The number of amides is 4. The summed E-state index contributed by atoms with van der Waals surface area (Å²) in [6.45, 7) is 10.9. The molecule has 0 spiro atoms. The molecule has 4 amide bonds. The van der Waals surface area contributed by atoms with E-state index in [0.717, 1.165) is 112 Å². The van der Waals surface area contributed by atoms with E-state index in [1.54, 1.807) is 19.4 Å². The van der Waals surface area contributed by atoms with E-state index in [4.69, 9.17) is 19.8 Å². The maximum absolute atomic E-state index is 13.4. The molecule has 16 heteroatoms. The maximum Gasteiger partial charge on any atom is 0.262 e. The second kappa shape index (κ2) is 16.3. The van der Waals surface area contributed by atoms with Gasteiger partial charge in [0.15, 0.2) is 5.82 Å². The Bertz CT molecular complexity index is 2250. The molecule has 5 aliphatic rings. The number of likely N-dealkylation sites (tertiary alicyclic amines) is 1. The van der Waals surface area contributed by atoms with Crippen LogP contribution in [0.15, 0.2) is 42.7 Å². The number of aromatic nitrogens is 5. The number of ether oxygens (including phenoxy) is 1. The van der Waals surface area contributed by atoms with Gasteiger partial charge in [0.25, 0.3) is 11.8 Å². The predicted octanol–water partition coefficient (Wildman–Crippen LogP) is 4.66. The highest BCUT2D eigenvalue weighted by atomic mass is 16.5. The van der Waals surface area contributed by atoms with Crippen LogP contribution in [-0.4, -0.2) is 123 Å². The van der Waals surface area contributed by atoms with Crippen LogP contribution in [0.25, 0.3) is 10.9 Å². The number of imide groups is 2. The van der Waals surface area contributed by atoms with Crippen molar-refractivity contribution in [1.82, 2.24) is 39.8 Å². The largest absolute Gasteiger partial charge is 0.381 e. The summed E-state index contributed by atoms with van der Waals surface area (Å²) in [6, 6.07) is 8.73. The predicted molar refractivity (Wildman–Crippen MR) is 222 cm³/mol. The number of anilines is 4. The van der Waals surface area contributed by atoms with Crippen molar-refractivity contribution >= 4 is 57.9 Å². The van der Waals surface area contributed by atoms with Crippen LogP contribution in [0.1, 0.15) is 103 Å². The first-order chi connectivity index (χ1) is 28.6. The zero-order valence-electron chi connectivity index (χ0n) is 34.1. The molecule has 0 aliphatic carbocycles. The van der Waals surface area contributed by atoms with Gasteiger partial charge in [-0.3, -0.25) is 34.1 Å². The lowest BCUT2D eigenvalue weighted by molar-refractivity contribution is -0.136. The van der Waals surface area contributed by atoms with Crippen molar-refractivity contribution in [2.75, 3.05) is 68.0 Å². The lowest BCUT2D eigenvalue weighted by atomic mass is 9.87. The summed E-state index contributed by atoms with van der Waals surface area (Å²) in [5, 5.41) is 11.9. The number of hydrogen-bond acceptors (Lipinski definition) is 13. The van der Waals surface area contributed by atoms with E-state index < -0.39 is 23.8 Å². The molecule has 16 nitrogen and oxygen atoms in total. The highest BCUT2D eigenvalue weighted by Crippen LogP contribution is 2.36. The quantitative estimate of drug-likeness (QED) is 0.213. The molecule has 2 N–H and O–H groups in total. The Morgan fingerprint density at radius 3 is 2.31 bits per heavy atom. The Hall–Kier alpha value is -5.48. The molecule has 1 unspecified atom stereocenters. The molecule has 310 valence electrons. The van der Waals surface area contributed by atoms with Crippen molar-refractivity contribution in [2.45, 2.75) is 89.3 Å². The molecule has 8 heterocycles. The van der Waals surface area contributed by atoms with Gasteiger partial charge in [-0.15, -0.1) is 0 Å². The maximum atomic E-state index is 13.4. The van der Waals surface area contributed by atoms with E-state index >= 15 is 0 Å². The number of benzene rings is 1. The second-order valence-electron chi connectivity index (χ2n) is 17.0. The fourth-order valence-corrected chi connectivity index (χ4v) is 9.59. The number of carbonyl (C=O) groups excluding carboxylic acids is 4. The first-order valence-electron chi connectivity index (χ1n) is 21.2. The molecule has 0 radical (unpaired) electrons. The van der Waals surface area contributed by atoms with Gasteiger partial charge in [-0.2, -0.15) is 10.1 Å². The minimum absolute atomic E-state index is 0.106. The van der Waals surface area contributed by atoms with Crippen LogP contribution in [0.2, 0.25) is 0 Å². The summed E-state index contributed by atoms with van der Waals surface area (Å²) in [7, 11) is 1.77. The highest BCUT2D eigenvalue weighted by molar-refractivity contribution is 6.23. The van der Waals surface area contributed by atoms with Crippen LogP contribution < -0.4 is 20.4 Å². The Morgan fingerprint density at radius 1 is 0.831 bits per heavy atom. The summed E-state index contributed by atoms with van der Waals surface area (Å²) in [4.78, 5) is 73.1. The molecule has 0 saturated carbocycles. The van der Waals surface area contributed by atoms with E-state index in [0.29, 0.717) is 46.7 Å². The first-order valence-corrected chi connectivity index (χ1v) is 21.2. The Balaban J connectivity index is 0.790. The molecule has 5 aliphatic heterocycles. The number of pyridine rings is 1. The fraction of sp³-hybridized carbons (Fsp3) is 0.535. The second-order valence-corrected chi connectivity index (χ2v) is 17.0. The van der Waals surface area contributed by atoms with Crippen LogP contribution in [0, 0.1) is 5.92 Å². The van der Waals surface area contributed by atoms with Gasteiger partial charge >= 0.3 is 0 Å². The molecule has 4 fully saturated rings. The first kappa shape index (κ1) is 39.0. The standard InChI is InChI=1S/C43H53N11O5/c1-26(2)54-35-23-37(46-36-8-15-44-43(47-36)52-20-13-30(59-3)14-21-52)45-24-33(35)39(49-54)51-18-9-27(10-19-51)25-50-16-11-28(12-17-50)29-4-5-31-32(22-29)42(58)53(41(31)57)34-6-7-38(55)48-40(34)56/h4-5,8,15,22-24,26-28,30,34H,6-7,9-14,16-21,25H2,1-3H3,(H,48,55,56)(H,44,45,46,47). The third kappa shape index (κ3) is 7.75. The molecule has 0 bridgehead atoms. The van der Waals surface area contributed by atoms with Crippen LogP contribution in [0.4, 0.5) is 23.4 Å².